The molecule has 0 saturated carbocycles. The second-order valence-corrected chi connectivity index (χ2v) is 7.29. The Bertz CT molecular complexity index is 682. The molecule has 1 N–H and O–H groups in total. The molecule has 0 saturated heterocycles. The Morgan fingerprint density at radius 2 is 2.16 bits per heavy atom. The highest BCUT2D eigenvalue weighted by Gasteiger charge is 2.20. The third kappa shape index (κ3) is 5.27. The van der Waals surface area contributed by atoms with Crippen molar-refractivity contribution in [3.63, 3.8) is 0 Å². The van der Waals surface area contributed by atoms with E-state index >= 15 is 0 Å². The zero-order valence-electron chi connectivity index (χ0n) is 15.6. The van der Waals surface area contributed by atoms with Crippen molar-refractivity contribution in [2.45, 2.75) is 39.3 Å². The van der Waals surface area contributed by atoms with Crippen LogP contribution in [0.2, 0.25) is 0 Å². The van der Waals surface area contributed by atoms with Crippen molar-refractivity contribution in [1.29, 1.82) is 0 Å². The van der Waals surface area contributed by atoms with Gasteiger partial charge in [-0.1, -0.05) is 12.1 Å². The van der Waals surface area contributed by atoms with Crippen LogP contribution in [0.5, 0.6) is 0 Å². The van der Waals surface area contributed by atoms with Gasteiger partial charge >= 0.3 is 6.03 Å². The van der Waals surface area contributed by atoms with Gasteiger partial charge in [-0.15, -0.1) is 11.3 Å². The number of carbonyl (C=O) groups is 1. The molecule has 0 aliphatic heterocycles. The Labute approximate surface area is 153 Å². The summed E-state index contributed by atoms with van der Waals surface area (Å²) in [7, 11) is 5.76. The Hall–Kier alpha value is -1.93. The van der Waals surface area contributed by atoms with Crippen LogP contribution < -0.4 is 5.32 Å². The number of hydrogen-bond acceptors (Lipinski definition) is 6. The van der Waals surface area contributed by atoms with Crippen LogP contribution in [0.1, 0.15) is 41.5 Å². The molecule has 1 atom stereocenters. The van der Waals surface area contributed by atoms with Crippen molar-refractivity contribution < 1.29 is 9.32 Å². The lowest BCUT2D eigenvalue weighted by Crippen LogP contribution is -2.41. The van der Waals surface area contributed by atoms with E-state index in [9.17, 15) is 4.79 Å². The van der Waals surface area contributed by atoms with Crippen molar-refractivity contribution in [1.82, 2.24) is 25.3 Å². The topological polar surface area (TPSA) is 74.5 Å². The summed E-state index contributed by atoms with van der Waals surface area (Å²) in [5.41, 5.74) is 1.25. The van der Waals surface area contributed by atoms with Crippen LogP contribution in [0, 0.1) is 6.92 Å². The summed E-state index contributed by atoms with van der Waals surface area (Å²) < 4.78 is 5.19. The SMILES string of the molecule is CCCc1noc(CN(C)C(=O)NCC(c2sccc2C)N(C)C)n1. The molecule has 138 valence electrons. The van der Waals surface area contributed by atoms with Gasteiger partial charge in [0.2, 0.25) is 5.89 Å². The summed E-state index contributed by atoms with van der Waals surface area (Å²) in [4.78, 5) is 21.6. The number of urea groups is 1. The fourth-order valence-corrected chi connectivity index (χ4v) is 3.63. The minimum Gasteiger partial charge on any atom is -0.337 e. The molecular weight excluding hydrogens is 338 g/mol. The Morgan fingerprint density at radius 1 is 1.40 bits per heavy atom. The molecule has 2 heterocycles. The van der Waals surface area contributed by atoms with Gasteiger partial charge in [0, 0.05) is 24.9 Å². The number of aryl methyl sites for hydroxylation is 2. The van der Waals surface area contributed by atoms with Gasteiger partial charge < -0.3 is 19.6 Å². The standard InChI is InChI=1S/C17H27N5O2S/c1-6-7-14-19-15(24-20-14)11-22(5)17(23)18-10-13(21(3)4)16-12(2)8-9-25-16/h8-9,13H,6-7,10-11H2,1-5H3,(H,18,23). The average Bonchev–Trinajstić information content (AvgIpc) is 3.17. The molecule has 0 aliphatic carbocycles. The van der Waals surface area contributed by atoms with E-state index in [1.54, 1.807) is 23.3 Å². The maximum absolute atomic E-state index is 12.4. The molecule has 0 aromatic carbocycles. The van der Waals surface area contributed by atoms with Crippen LogP contribution >= 0.6 is 11.3 Å². The normalized spacial score (nSPS) is 12.4. The summed E-state index contributed by atoms with van der Waals surface area (Å²) in [6, 6.07) is 2.10. The Balaban J connectivity index is 1.90. The summed E-state index contributed by atoms with van der Waals surface area (Å²) >= 11 is 1.72. The van der Waals surface area contributed by atoms with Crippen LogP contribution in [-0.2, 0) is 13.0 Å². The summed E-state index contributed by atoms with van der Waals surface area (Å²) in [6.45, 7) is 5.00. The van der Waals surface area contributed by atoms with Crippen LogP contribution in [0.3, 0.4) is 0 Å². The number of likely N-dealkylation sites (N-methyl/N-ethyl adjacent to an activating group) is 1. The molecule has 7 nitrogen and oxygen atoms in total. The molecule has 0 bridgehead atoms. The van der Waals surface area contributed by atoms with Gasteiger partial charge in [0.25, 0.3) is 0 Å². The van der Waals surface area contributed by atoms with Gasteiger partial charge in [0.1, 0.15) is 6.54 Å². The zero-order chi connectivity index (χ0) is 18.4. The van der Waals surface area contributed by atoms with Gasteiger partial charge in [-0.25, -0.2) is 4.79 Å². The quantitative estimate of drug-likeness (QED) is 0.779. The molecule has 2 amide bonds. The van der Waals surface area contributed by atoms with Crippen molar-refractivity contribution in [2.24, 2.45) is 0 Å². The fourth-order valence-electron chi connectivity index (χ4n) is 2.51. The Kier molecular flexibility index (Phi) is 6.95. The molecule has 0 fully saturated rings. The molecule has 8 heteroatoms. The van der Waals surface area contributed by atoms with E-state index in [0.717, 1.165) is 12.8 Å². The van der Waals surface area contributed by atoms with Crippen LogP contribution in [0.4, 0.5) is 4.79 Å². The maximum Gasteiger partial charge on any atom is 0.317 e. The Morgan fingerprint density at radius 3 is 2.76 bits per heavy atom. The molecule has 2 aromatic heterocycles. The van der Waals surface area contributed by atoms with Crippen LogP contribution in [-0.4, -0.2) is 53.7 Å². The van der Waals surface area contributed by atoms with E-state index < -0.39 is 0 Å². The summed E-state index contributed by atoms with van der Waals surface area (Å²) in [6.07, 6.45) is 1.74. The highest BCUT2D eigenvalue weighted by molar-refractivity contribution is 7.10. The molecule has 2 aromatic rings. The second kappa shape index (κ2) is 8.96. The zero-order valence-corrected chi connectivity index (χ0v) is 16.4. The van der Waals surface area contributed by atoms with Gasteiger partial charge in [0.05, 0.1) is 6.04 Å². The number of amides is 2. The van der Waals surface area contributed by atoms with Gasteiger partial charge in [-0.3, -0.25) is 0 Å². The fraction of sp³-hybridized carbons (Fsp3) is 0.588. The van der Waals surface area contributed by atoms with Gasteiger partial charge in [0.15, 0.2) is 5.82 Å². The summed E-state index contributed by atoms with van der Waals surface area (Å²) in [5, 5.41) is 8.99. The number of nitrogens with zero attached hydrogens (tertiary/aromatic N) is 4. The molecule has 0 aliphatic rings. The van der Waals surface area contributed by atoms with E-state index in [0.29, 0.717) is 24.8 Å². The number of aromatic nitrogens is 2. The number of rotatable bonds is 8. The minimum absolute atomic E-state index is 0.150. The molecule has 0 spiro atoms. The smallest absolute Gasteiger partial charge is 0.317 e. The molecule has 1 unspecified atom stereocenters. The third-order valence-corrected chi connectivity index (χ3v) is 5.10. The third-order valence-electron chi connectivity index (χ3n) is 3.98. The highest BCUT2D eigenvalue weighted by atomic mass is 32.1. The van der Waals surface area contributed by atoms with E-state index in [1.807, 2.05) is 14.1 Å². The lowest BCUT2D eigenvalue weighted by atomic mass is 10.1. The molecular formula is C17H27N5O2S. The first kappa shape index (κ1) is 19.4. The van der Waals surface area contributed by atoms with Crippen molar-refractivity contribution in [2.75, 3.05) is 27.7 Å². The van der Waals surface area contributed by atoms with Crippen LogP contribution in [0.15, 0.2) is 16.0 Å². The first-order chi connectivity index (χ1) is 11.9. The number of nitrogens with one attached hydrogen (secondary N) is 1. The first-order valence-electron chi connectivity index (χ1n) is 8.43. The van der Waals surface area contributed by atoms with Crippen molar-refractivity contribution >= 4 is 17.4 Å². The van der Waals surface area contributed by atoms with Crippen molar-refractivity contribution in [3.05, 3.63) is 33.6 Å². The number of carbonyl (C=O) groups excluding carboxylic acids is 1. The first-order valence-corrected chi connectivity index (χ1v) is 9.31. The van der Waals surface area contributed by atoms with Crippen molar-refractivity contribution in [3.8, 4) is 0 Å². The molecule has 2 rings (SSSR count). The minimum atomic E-state index is -0.156. The van der Waals surface area contributed by atoms with Gasteiger partial charge in [-0.2, -0.15) is 4.98 Å². The van der Waals surface area contributed by atoms with E-state index in [-0.39, 0.29) is 12.1 Å². The van der Waals surface area contributed by atoms with E-state index in [4.69, 9.17) is 4.52 Å². The number of thiophene rings is 1. The summed E-state index contributed by atoms with van der Waals surface area (Å²) in [5.74, 6) is 1.14. The van der Waals surface area contributed by atoms with E-state index in [2.05, 4.69) is 45.7 Å². The van der Waals surface area contributed by atoms with Crippen LogP contribution in [0.25, 0.3) is 0 Å². The highest BCUT2D eigenvalue weighted by Crippen LogP contribution is 2.26. The van der Waals surface area contributed by atoms with Gasteiger partial charge in [-0.05, 0) is 44.4 Å². The maximum atomic E-state index is 12.4. The second-order valence-electron chi connectivity index (χ2n) is 6.34. The lowest BCUT2D eigenvalue weighted by Gasteiger charge is -2.26. The molecule has 25 heavy (non-hydrogen) atoms. The largest absolute Gasteiger partial charge is 0.337 e. The lowest BCUT2D eigenvalue weighted by molar-refractivity contribution is 0.194. The van der Waals surface area contributed by atoms with E-state index in [1.165, 1.54) is 10.4 Å². The average molecular weight is 366 g/mol. The predicted molar refractivity (Wildman–Crippen MR) is 98.6 cm³/mol. The molecule has 0 radical (unpaired) electrons. The monoisotopic (exact) mass is 365 g/mol. The number of hydrogen-bond donors (Lipinski definition) is 1. The predicted octanol–water partition coefficient (Wildman–Crippen LogP) is 2.84.